The number of aryl methyl sites for hydroxylation is 1. The Balaban J connectivity index is 2.16. The summed E-state index contributed by atoms with van der Waals surface area (Å²) in [6.07, 6.45) is 0.405. The minimum absolute atomic E-state index is 0.00135. The van der Waals surface area contributed by atoms with E-state index in [-0.39, 0.29) is 11.8 Å². The Bertz CT molecular complexity index is 580. The van der Waals surface area contributed by atoms with Gasteiger partial charge in [0.15, 0.2) is 0 Å². The summed E-state index contributed by atoms with van der Waals surface area (Å²) in [6, 6.07) is 3.23. The van der Waals surface area contributed by atoms with E-state index in [0.717, 1.165) is 10.0 Å². The Hall–Kier alpha value is -1.21. The number of anilines is 2. The molecule has 1 fully saturated rings. The van der Waals surface area contributed by atoms with Gasteiger partial charge in [-0.3, -0.25) is 9.59 Å². The molecule has 1 aromatic rings. The molecule has 7 heteroatoms. The molecule has 0 radical (unpaired) electrons. The van der Waals surface area contributed by atoms with Crippen LogP contribution in [0.15, 0.2) is 16.6 Å². The first-order chi connectivity index (χ1) is 9.93. The molecule has 3 N–H and O–H groups in total. The highest BCUT2D eigenvalue weighted by molar-refractivity contribution is 9.10. The maximum atomic E-state index is 12.4. The summed E-state index contributed by atoms with van der Waals surface area (Å²) in [5.41, 5.74) is 8.01. The topological polar surface area (TPSA) is 75.4 Å². The highest BCUT2D eigenvalue weighted by Crippen LogP contribution is 2.29. The molecule has 1 saturated heterocycles. The first-order valence-electron chi connectivity index (χ1n) is 6.67. The number of rotatable bonds is 3. The van der Waals surface area contributed by atoms with Crippen LogP contribution in [0.25, 0.3) is 0 Å². The number of halogens is 1. The molecule has 2 rings (SSSR count). The molecule has 1 aromatic carbocycles. The molecule has 0 aromatic heterocycles. The Morgan fingerprint density at radius 3 is 2.90 bits per heavy atom. The van der Waals surface area contributed by atoms with Gasteiger partial charge in [0.05, 0.1) is 17.3 Å². The van der Waals surface area contributed by atoms with Crippen LogP contribution in [0.5, 0.6) is 0 Å². The molecule has 21 heavy (non-hydrogen) atoms. The van der Waals surface area contributed by atoms with E-state index in [9.17, 15) is 9.59 Å². The zero-order valence-corrected chi connectivity index (χ0v) is 14.4. The van der Waals surface area contributed by atoms with E-state index >= 15 is 0 Å². The van der Waals surface area contributed by atoms with Gasteiger partial charge < -0.3 is 16.0 Å². The fourth-order valence-corrected chi connectivity index (χ4v) is 3.94. The van der Waals surface area contributed by atoms with Crippen LogP contribution >= 0.6 is 27.7 Å². The van der Waals surface area contributed by atoms with E-state index in [1.807, 2.05) is 13.0 Å². The molecule has 1 atom stereocenters. The Labute approximate surface area is 136 Å². The number of hydrogen-bond donors (Lipinski definition) is 2. The van der Waals surface area contributed by atoms with Crippen LogP contribution in [0.4, 0.5) is 11.4 Å². The number of nitrogens with two attached hydrogens (primary N) is 1. The molecule has 0 saturated carbocycles. The molecule has 1 heterocycles. The quantitative estimate of drug-likeness (QED) is 0.800. The van der Waals surface area contributed by atoms with E-state index < -0.39 is 6.04 Å². The molecule has 1 aliphatic rings. The number of nitrogens with one attached hydrogen (secondary N) is 1. The van der Waals surface area contributed by atoms with Crippen LogP contribution in [0.2, 0.25) is 0 Å². The summed E-state index contributed by atoms with van der Waals surface area (Å²) in [6.45, 7) is 3.68. The number of nitrogens with zero attached hydrogens (tertiary/aromatic N) is 1. The summed E-state index contributed by atoms with van der Waals surface area (Å²) < 4.78 is 0.854. The van der Waals surface area contributed by atoms with Gasteiger partial charge in [-0.05, 0) is 24.6 Å². The molecular weight excluding hydrogens is 354 g/mol. The van der Waals surface area contributed by atoms with Crippen molar-refractivity contribution >= 4 is 50.9 Å². The lowest BCUT2D eigenvalue weighted by Gasteiger charge is -2.23. The van der Waals surface area contributed by atoms with Gasteiger partial charge in [-0.2, -0.15) is 0 Å². The monoisotopic (exact) mass is 371 g/mol. The highest BCUT2D eigenvalue weighted by Gasteiger charge is 2.34. The highest BCUT2D eigenvalue weighted by atomic mass is 79.9. The summed E-state index contributed by atoms with van der Waals surface area (Å²) in [7, 11) is 0. The Morgan fingerprint density at radius 1 is 1.52 bits per heavy atom. The predicted octanol–water partition coefficient (Wildman–Crippen LogP) is 2.59. The zero-order chi connectivity index (χ0) is 15.6. The van der Waals surface area contributed by atoms with Crippen molar-refractivity contribution < 1.29 is 9.59 Å². The number of thioether (sulfide) groups is 1. The number of amides is 2. The summed E-state index contributed by atoms with van der Waals surface area (Å²) in [5.74, 6) is 0.993. The van der Waals surface area contributed by atoms with Crippen molar-refractivity contribution in [2.45, 2.75) is 26.3 Å². The third-order valence-electron chi connectivity index (χ3n) is 3.42. The second kappa shape index (κ2) is 6.70. The number of hydrogen-bond acceptors (Lipinski definition) is 4. The lowest BCUT2D eigenvalue weighted by atomic mass is 10.1. The molecule has 0 bridgehead atoms. The summed E-state index contributed by atoms with van der Waals surface area (Å²) in [5, 5.41) is 2.84. The molecule has 1 aliphatic heterocycles. The smallest absolute Gasteiger partial charge is 0.248 e. The first kappa shape index (κ1) is 16.2. The lowest BCUT2D eigenvalue weighted by molar-refractivity contribution is -0.135. The van der Waals surface area contributed by atoms with Crippen LogP contribution in [-0.4, -0.2) is 34.4 Å². The Morgan fingerprint density at radius 2 is 2.24 bits per heavy atom. The standard InChI is InChI=1S/C14H18BrN3O2S/c1-3-12(19)18-7-21-6-11(18)14(20)17-10-5-9(15)4-8(2)13(10)16/h4-5,11H,3,6-7,16H2,1-2H3,(H,17,20). The van der Waals surface area contributed by atoms with E-state index in [4.69, 9.17) is 5.73 Å². The van der Waals surface area contributed by atoms with Crippen molar-refractivity contribution in [3.05, 3.63) is 22.2 Å². The minimum Gasteiger partial charge on any atom is -0.397 e. The van der Waals surface area contributed by atoms with Crippen molar-refractivity contribution in [2.75, 3.05) is 22.7 Å². The molecule has 0 spiro atoms. The maximum Gasteiger partial charge on any atom is 0.248 e. The van der Waals surface area contributed by atoms with Gasteiger partial charge >= 0.3 is 0 Å². The normalized spacial score (nSPS) is 17.9. The lowest BCUT2D eigenvalue weighted by Crippen LogP contribution is -2.44. The van der Waals surface area contributed by atoms with Crippen molar-refractivity contribution in [1.29, 1.82) is 0 Å². The molecule has 114 valence electrons. The van der Waals surface area contributed by atoms with E-state index in [2.05, 4.69) is 21.2 Å². The number of nitrogen functional groups attached to an aromatic ring is 1. The van der Waals surface area contributed by atoms with Gasteiger partial charge in [0.1, 0.15) is 6.04 Å². The van der Waals surface area contributed by atoms with Crippen LogP contribution in [0.3, 0.4) is 0 Å². The van der Waals surface area contributed by atoms with Gasteiger partial charge in [-0.25, -0.2) is 0 Å². The summed E-state index contributed by atoms with van der Waals surface area (Å²) in [4.78, 5) is 25.9. The minimum atomic E-state index is -0.430. The molecule has 1 unspecified atom stereocenters. The zero-order valence-electron chi connectivity index (χ0n) is 12.0. The molecule has 2 amide bonds. The average Bonchev–Trinajstić information content (AvgIpc) is 2.92. The van der Waals surface area contributed by atoms with Crippen LogP contribution in [0.1, 0.15) is 18.9 Å². The van der Waals surface area contributed by atoms with Gasteiger partial charge in [-0.15, -0.1) is 11.8 Å². The molecule has 0 aliphatic carbocycles. The average molecular weight is 372 g/mol. The number of carbonyl (C=O) groups excluding carboxylic acids is 2. The molecular formula is C14H18BrN3O2S. The predicted molar refractivity (Wildman–Crippen MR) is 90.2 cm³/mol. The fraction of sp³-hybridized carbons (Fsp3) is 0.429. The SMILES string of the molecule is CCC(=O)N1CSCC1C(=O)Nc1cc(Br)cc(C)c1N. The van der Waals surface area contributed by atoms with Gasteiger partial charge in [0.2, 0.25) is 11.8 Å². The van der Waals surface area contributed by atoms with E-state index in [1.165, 1.54) is 0 Å². The largest absolute Gasteiger partial charge is 0.397 e. The van der Waals surface area contributed by atoms with Gasteiger partial charge in [0, 0.05) is 16.6 Å². The van der Waals surface area contributed by atoms with Crippen molar-refractivity contribution in [3.8, 4) is 0 Å². The second-order valence-electron chi connectivity index (χ2n) is 4.91. The third-order valence-corrected chi connectivity index (χ3v) is 4.89. The van der Waals surface area contributed by atoms with Crippen molar-refractivity contribution in [2.24, 2.45) is 0 Å². The summed E-state index contributed by atoms with van der Waals surface area (Å²) >= 11 is 4.98. The van der Waals surface area contributed by atoms with Crippen molar-refractivity contribution in [1.82, 2.24) is 4.90 Å². The second-order valence-corrected chi connectivity index (χ2v) is 6.82. The van der Waals surface area contributed by atoms with Crippen LogP contribution in [0, 0.1) is 6.92 Å². The third kappa shape index (κ3) is 3.52. The fourth-order valence-electron chi connectivity index (χ4n) is 2.18. The van der Waals surface area contributed by atoms with Gasteiger partial charge in [0.25, 0.3) is 0 Å². The van der Waals surface area contributed by atoms with Crippen LogP contribution in [-0.2, 0) is 9.59 Å². The van der Waals surface area contributed by atoms with E-state index in [1.54, 1.807) is 29.7 Å². The number of benzene rings is 1. The van der Waals surface area contributed by atoms with Gasteiger partial charge in [-0.1, -0.05) is 22.9 Å². The van der Waals surface area contributed by atoms with E-state index in [0.29, 0.717) is 29.4 Å². The Kier molecular flexibility index (Phi) is 5.16. The maximum absolute atomic E-state index is 12.4. The number of carbonyl (C=O) groups is 2. The first-order valence-corrected chi connectivity index (χ1v) is 8.62. The van der Waals surface area contributed by atoms with Crippen molar-refractivity contribution in [3.63, 3.8) is 0 Å². The molecule has 5 nitrogen and oxygen atoms in total. The van der Waals surface area contributed by atoms with Crippen LogP contribution < -0.4 is 11.1 Å².